The summed E-state index contributed by atoms with van der Waals surface area (Å²) in [5.41, 5.74) is 8.73. The first-order valence-electron chi connectivity index (χ1n) is 9.10. The van der Waals surface area contributed by atoms with Crippen LogP contribution < -0.4 is 25.3 Å². The van der Waals surface area contributed by atoms with E-state index >= 15 is 0 Å². The lowest BCUT2D eigenvalue weighted by Crippen LogP contribution is -2.22. The van der Waals surface area contributed by atoms with E-state index in [1.165, 1.54) is 0 Å². The highest BCUT2D eigenvalue weighted by Crippen LogP contribution is 2.32. The molecule has 2 aromatic carbocycles. The summed E-state index contributed by atoms with van der Waals surface area (Å²) in [5.74, 6) is 3.34. The van der Waals surface area contributed by atoms with Gasteiger partial charge in [0.25, 0.3) is 0 Å². The number of nitrogens with two attached hydrogens (primary N) is 1. The van der Waals surface area contributed by atoms with Crippen molar-refractivity contribution in [2.45, 2.75) is 13.0 Å². The van der Waals surface area contributed by atoms with E-state index in [4.69, 9.17) is 19.9 Å². The molecule has 1 aliphatic rings. The first-order valence-corrected chi connectivity index (χ1v) is 9.10. The fourth-order valence-corrected chi connectivity index (χ4v) is 3.08. The Bertz CT molecular complexity index is 1030. The Morgan fingerprint density at radius 2 is 2.00 bits per heavy atom. The molecule has 1 aliphatic heterocycles. The maximum absolute atomic E-state index is 6.06. The molecule has 4 rings (SSSR count). The Labute approximate surface area is 186 Å². The minimum Gasteiger partial charge on any atom is -0.497 e. The molecule has 9 heteroatoms. The first-order chi connectivity index (χ1) is 13.6. The van der Waals surface area contributed by atoms with Gasteiger partial charge in [0, 0.05) is 31.3 Å². The minimum absolute atomic E-state index is 0. The number of benzene rings is 2. The Hall–Kier alpha value is -2.69. The van der Waals surface area contributed by atoms with Crippen LogP contribution in [0.2, 0.25) is 0 Å². The summed E-state index contributed by atoms with van der Waals surface area (Å²) in [4.78, 5) is 9.04. The van der Waals surface area contributed by atoms with Crippen molar-refractivity contribution < 1.29 is 14.2 Å². The Balaban J connectivity index is 0.00000240. The van der Waals surface area contributed by atoms with Crippen LogP contribution in [0.15, 0.2) is 41.4 Å². The van der Waals surface area contributed by atoms with Gasteiger partial charge in [-0.05, 0) is 24.3 Å². The lowest BCUT2D eigenvalue weighted by atomic mass is 10.3. The predicted octanol–water partition coefficient (Wildman–Crippen LogP) is 3.29. The number of hydrogen-bond acceptors (Lipinski definition) is 5. The van der Waals surface area contributed by atoms with E-state index in [-0.39, 0.29) is 24.0 Å². The molecule has 3 N–H and O–H groups in total. The van der Waals surface area contributed by atoms with Crippen molar-refractivity contribution in [3.05, 3.63) is 42.2 Å². The van der Waals surface area contributed by atoms with E-state index in [1.807, 2.05) is 48.0 Å². The van der Waals surface area contributed by atoms with Gasteiger partial charge in [0.1, 0.15) is 18.1 Å². The summed E-state index contributed by atoms with van der Waals surface area (Å²) in [7, 11) is 3.60. The van der Waals surface area contributed by atoms with Gasteiger partial charge in [-0.2, -0.15) is 0 Å². The lowest BCUT2D eigenvalue weighted by Gasteiger charge is -2.10. The van der Waals surface area contributed by atoms with E-state index in [0.29, 0.717) is 31.5 Å². The number of hydrogen-bond donors (Lipinski definition) is 2. The van der Waals surface area contributed by atoms with Crippen LogP contribution in [0.3, 0.4) is 0 Å². The highest BCUT2D eigenvalue weighted by atomic mass is 127. The summed E-state index contributed by atoms with van der Waals surface area (Å²) in [6.07, 6.45) is 0.866. The van der Waals surface area contributed by atoms with Crippen LogP contribution in [-0.4, -0.2) is 35.8 Å². The molecule has 0 unspecified atom stereocenters. The maximum atomic E-state index is 6.06. The zero-order chi connectivity index (χ0) is 19.5. The Kier molecular flexibility index (Phi) is 6.68. The van der Waals surface area contributed by atoms with Gasteiger partial charge in [0.2, 0.25) is 0 Å². The second-order valence-electron chi connectivity index (χ2n) is 6.48. The van der Waals surface area contributed by atoms with E-state index in [9.17, 15) is 0 Å². The molecule has 0 amide bonds. The van der Waals surface area contributed by atoms with E-state index < -0.39 is 0 Å². The summed E-state index contributed by atoms with van der Waals surface area (Å²) < 4.78 is 18.6. The molecular weight excluding hydrogens is 485 g/mol. The minimum atomic E-state index is 0. The van der Waals surface area contributed by atoms with Gasteiger partial charge < -0.3 is 29.8 Å². The van der Waals surface area contributed by atoms with Crippen molar-refractivity contribution in [2.24, 2.45) is 17.8 Å². The molecule has 3 aromatic rings. The van der Waals surface area contributed by atoms with Crippen LogP contribution in [0.1, 0.15) is 12.2 Å². The largest absolute Gasteiger partial charge is 0.497 e. The fraction of sp³-hybridized carbons (Fsp3) is 0.300. The molecule has 0 fully saturated rings. The number of guanidine groups is 1. The van der Waals surface area contributed by atoms with Gasteiger partial charge in [-0.25, -0.2) is 9.98 Å². The monoisotopic (exact) mass is 509 g/mol. The van der Waals surface area contributed by atoms with Crippen LogP contribution in [0.25, 0.3) is 11.0 Å². The zero-order valence-electron chi connectivity index (χ0n) is 16.3. The molecule has 154 valence electrons. The molecule has 2 heterocycles. The first kappa shape index (κ1) is 21.0. The van der Waals surface area contributed by atoms with Gasteiger partial charge in [-0.15, -0.1) is 24.0 Å². The van der Waals surface area contributed by atoms with Crippen molar-refractivity contribution in [3.8, 4) is 17.2 Å². The highest BCUT2D eigenvalue weighted by Gasteiger charge is 2.11. The van der Waals surface area contributed by atoms with E-state index in [0.717, 1.165) is 40.5 Å². The fourth-order valence-electron chi connectivity index (χ4n) is 3.08. The standard InChI is InChI=1S/C20H23N5O3.HI/c1-25-16-6-5-14(26-2)11-15(16)24-19(25)12-22-20(21)23-13-4-7-17-18(10-13)28-9-3-8-27-17;/h4-7,10-11H,3,8-9,12H2,1-2H3,(H3,21,22,23);1H. The van der Waals surface area contributed by atoms with Crippen LogP contribution in [-0.2, 0) is 13.6 Å². The average molecular weight is 509 g/mol. The summed E-state index contributed by atoms with van der Waals surface area (Å²) in [6.45, 7) is 1.65. The number of methoxy groups -OCH3 is 1. The second-order valence-corrected chi connectivity index (χ2v) is 6.48. The number of halogens is 1. The maximum Gasteiger partial charge on any atom is 0.193 e. The van der Waals surface area contributed by atoms with Crippen molar-refractivity contribution >= 4 is 46.7 Å². The molecule has 0 atom stereocenters. The summed E-state index contributed by atoms with van der Waals surface area (Å²) >= 11 is 0. The number of aromatic nitrogens is 2. The summed E-state index contributed by atoms with van der Waals surface area (Å²) in [6, 6.07) is 11.4. The number of anilines is 1. The van der Waals surface area contributed by atoms with Crippen LogP contribution in [0, 0.1) is 0 Å². The number of nitrogens with one attached hydrogen (secondary N) is 1. The van der Waals surface area contributed by atoms with Crippen LogP contribution >= 0.6 is 24.0 Å². The van der Waals surface area contributed by atoms with Crippen molar-refractivity contribution in [1.82, 2.24) is 9.55 Å². The van der Waals surface area contributed by atoms with Crippen molar-refractivity contribution in [1.29, 1.82) is 0 Å². The molecule has 0 saturated carbocycles. The quantitative estimate of drug-likeness (QED) is 0.319. The van der Waals surface area contributed by atoms with E-state index in [1.54, 1.807) is 7.11 Å². The number of rotatable bonds is 4. The molecule has 0 radical (unpaired) electrons. The van der Waals surface area contributed by atoms with Gasteiger partial charge >= 0.3 is 0 Å². The molecule has 8 nitrogen and oxygen atoms in total. The SMILES string of the molecule is COc1ccc2c(c1)nc(CN=C(N)Nc1ccc3c(c1)OCCCO3)n2C.I. The molecule has 1 aromatic heterocycles. The lowest BCUT2D eigenvalue weighted by molar-refractivity contribution is 0.297. The van der Waals surface area contributed by atoms with Crippen molar-refractivity contribution in [3.63, 3.8) is 0 Å². The third-order valence-electron chi connectivity index (χ3n) is 4.59. The van der Waals surface area contributed by atoms with Gasteiger partial charge in [-0.1, -0.05) is 0 Å². The molecule has 0 bridgehead atoms. The van der Waals surface area contributed by atoms with Crippen LogP contribution in [0.5, 0.6) is 17.2 Å². The van der Waals surface area contributed by atoms with Crippen LogP contribution in [0.4, 0.5) is 5.69 Å². The van der Waals surface area contributed by atoms with Gasteiger partial charge in [0.15, 0.2) is 17.5 Å². The van der Waals surface area contributed by atoms with Gasteiger partial charge in [0.05, 0.1) is 31.4 Å². The summed E-state index contributed by atoms with van der Waals surface area (Å²) in [5, 5.41) is 3.09. The number of aryl methyl sites for hydroxylation is 1. The molecule has 0 saturated heterocycles. The highest BCUT2D eigenvalue weighted by molar-refractivity contribution is 14.0. The van der Waals surface area contributed by atoms with E-state index in [2.05, 4.69) is 15.3 Å². The smallest absolute Gasteiger partial charge is 0.193 e. The number of nitrogens with zero attached hydrogens (tertiary/aromatic N) is 3. The van der Waals surface area contributed by atoms with Crippen molar-refractivity contribution in [2.75, 3.05) is 25.6 Å². The average Bonchev–Trinajstić information content (AvgIpc) is 2.86. The topological polar surface area (TPSA) is 95.9 Å². The Morgan fingerprint density at radius 1 is 1.21 bits per heavy atom. The van der Waals surface area contributed by atoms with Gasteiger partial charge in [-0.3, -0.25) is 0 Å². The molecular formula is C20H24IN5O3. The number of aliphatic imine (C=N–C) groups is 1. The second kappa shape index (κ2) is 9.21. The predicted molar refractivity (Wildman–Crippen MR) is 124 cm³/mol. The molecule has 0 spiro atoms. The number of imidazole rings is 1. The number of fused-ring (bicyclic) bond motifs is 2. The molecule has 29 heavy (non-hydrogen) atoms. The third-order valence-corrected chi connectivity index (χ3v) is 4.59. The third kappa shape index (κ3) is 4.66. The zero-order valence-corrected chi connectivity index (χ0v) is 18.7. The molecule has 0 aliphatic carbocycles. The number of ether oxygens (including phenoxy) is 3. The normalized spacial score (nSPS) is 13.5. The Morgan fingerprint density at radius 3 is 2.79 bits per heavy atom.